The number of hydrogen-bond acceptors (Lipinski definition) is 4. The number of nitrogens with zero attached hydrogens (tertiary/aromatic N) is 3. The number of amides is 1. The van der Waals surface area contributed by atoms with E-state index in [9.17, 15) is 4.79 Å². The molecule has 0 unspecified atom stereocenters. The van der Waals surface area contributed by atoms with Crippen LogP contribution in [0.4, 0.5) is 0 Å². The van der Waals surface area contributed by atoms with Crippen LogP contribution in [0.5, 0.6) is 11.5 Å². The molecule has 0 aromatic heterocycles. The lowest BCUT2D eigenvalue weighted by Crippen LogP contribution is -2.42. The number of likely N-dealkylation sites (N-methyl/N-ethyl adjacent to an activating group) is 1. The van der Waals surface area contributed by atoms with Gasteiger partial charge in [0, 0.05) is 33.7 Å². The summed E-state index contributed by atoms with van der Waals surface area (Å²) in [6.45, 7) is 5.11. The predicted octanol–water partition coefficient (Wildman–Crippen LogP) is 1.91. The van der Waals surface area contributed by atoms with Crippen molar-refractivity contribution in [2.24, 2.45) is 4.99 Å². The number of carbonyl (C=O) groups excluding carboxylic acids is 1. The minimum absolute atomic E-state index is 0. The first kappa shape index (κ1) is 21.3. The highest BCUT2D eigenvalue weighted by Gasteiger charge is 2.15. The number of halogens is 1. The number of nitrogens with one attached hydrogen (secondary N) is 1. The van der Waals surface area contributed by atoms with Crippen LogP contribution in [0, 0.1) is 0 Å². The summed E-state index contributed by atoms with van der Waals surface area (Å²) in [6, 6.07) is 6.10. The van der Waals surface area contributed by atoms with Crippen molar-refractivity contribution >= 4 is 35.8 Å². The molecule has 0 bridgehead atoms. The van der Waals surface area contributed by atoms with Crippen LogP contribution in [0.1, 0.15) is 19.4 Å². The van der Waals surface area contributed by atoms with E-state index in [1.165, 1.54) is 4.90 Å². The molecule has 0 spiro atoms. The molecule has 1 amide bonds. The van der Waals surface area contributed by atoms with Crippen molar-refractivity contribution < 1.29 is 14.3 Å². The van der Waals surface area contributed by atoms with Gasteiger partial charge in [-0.25, -0.2) is 4.99 Å². The number of aliphatic imine (C=N–C) groups is 1. The number of benzene rings is 1. The molecule has 0 saturated carbocycles. The number of fused-ring (bicyclic) bond motifs is 1. The molecular weight excluding hydrogens is 435 g/mol. The zero-order valence-electron chi connectivity index (χ0n) is 15.4. The summed E-state index contributed by atoms with van der Waals surface area (Å²) in [5.41, 5.74) is 1.08. The van der Waals surface area contributed by atoms with Gasteiger partial charge in [-0.05, 0) is 31.5 Å². The highest BCUT2D eigenvalue weighted by Crippen LogP contribution is 2.32. The molecule has 1 aromatic rings. The Labute approximate surface area is 166 Å². The summed E-state index contributed by atoms with van der Waals surface area (Å²) >= 11 is 0. The molecule has 0 saturated heterocycles. The summed E-state index contributed by atoms with van der Waals surface area (Å²) in [6.07, 6.45) is 0. The van der Waals surface area contributed by atoms with Gasteiger partial charge in [0.15, 0.2) is 17.5 Å². The third-order valence-electron chi connectivity index (χ3n) is 3.50. The van der Waals surface area contributed by atoms with Crippen LogP contribution in [0.3, 0.4) is 0 Å². The highest BCUT2D eigenvalue weighted by molar-refractivity contribution is 14.0. The van der Waals surface area contributed by atoms with E-state index in [1.807, 2.05) is 44.0 Å². The highest BCUT2D eigenvalue weighted by atomic mass is 127. The van der Waals surface area contributed by atoms with E-state index >= 15 is 0 Å². The van der Waals surface area contributed by atoms with Crippen molar-refractivity contribution in [3.05, 3.63) is 23.8 Å². The Bertz CT molecular complexity index is 620. The van der Waals surface area contributed by atoms with Gasteiger partial charge in [0.05, 0.1) is 0 Å². The smallest absolute Gasteiger partial charge is 0.243 e. The van der Waals surface area contributed by atoms with Gasteiger partial charge in [-0.1, -0.05) is 6.07 Å². The van der Waals surface area contributed by atoms with Crippen molar-refractivity contribution in [1.82, 2.24) is 15.1 Å². The van der Waals surface area contributed by atoms with Crippen LogP contribution in [0.15, 0.2) is 23.2 Å². The lowest BCUT2D eigenvalue weighted by atomic mass is 10.2. The number of hydrogen-bond donors (Lipinski definition) is 1. The second-order valence-electron chi connectivity index (χ2n) is 6.27. The first-order valence-electron chi connectivity index (χ1n) is 7.97. The Morgan fingerprint density at radius 2 is 1.92 bits per heavy atom. The molecule has 1 aliphatic heterocycles. The molecule has 1 aliphatic rings. The molecule has 140 valence electrons. The van der Waals surface area contributed by atoms with E-state index < -0.39 is 0 Å². The minimum atomic E-state index is -0.0328. The fourth-order valence-electron chi connectivity index (χ4n) is 2.21. The third kappa shape index (κ3) is 6.26. The molecule has 0 fully saturated rings. The van der Waals surface area contributed by atoms with Crippen molar-refractivity contribution in [2.75, 3.05) is 34.5 Å². The maximum Gasteiger partial charge on any atom is 0.243 e. The first-order valence-corrected chi connectivity index (χ1v) is 7.97. The molecule has 1 aromatic carbocycles. The topological polar surface area (TPSA) is 66.4 Å². The van der Waals surface area contributed by atoms with Gasteiger partial charge in [0.25, 0.3) is 0 Å². The van der Waals surface area contributed by atoms with Crippen LogP contribution in [-0.4, -0.2) is 62.2 Å². The molecule has 0 aliphatic carbocycles. The van der Waals surface area contributed by atoms with Crippen molar-refractivity contribution in [3.8, 4) is 11.5 Å². The van der Waals surface area contributed by atoms with Crippen molar-refractivity contribution in [1.29, 1.82) is 0 Å². The second kappa shape index (κ2) is 9.69. The van der Waals surface area contributed by atoms with Gasteiger partial charge in [-0.2, -0.15) is 0 Å². The van der Waals surface area contributed by atoms with Crippen LogP contribution in [0.25, 0.3) is 0 Å². The quantitative estimate of drug-likeness (QED) is 0.412. The van der Waals surface area contributed by atoms with E-state index in [0.717, 1.165) is 17.1 Å². The summed E-state index contributed by atoms with van der Waals surface area (Å²) in [7, 11) is 5.40. The molecule has 0 radical (unpaired) electrons. The van der Waals surface area contributed by atoms with Gasteiger partial charge in [0.1, 0.15) is 6.54 Å². The van der Waals surface area contributed by atoms with Gasteiger partial charge in [0.2, 0.25) is 12.7 Å². The van der Waals surface area contributed by atoms with Crippen molar-refractivity contribution in [2.45, 2.75) is 26.4 Å². The summed E-state index contributed by atoms with van der Waals surface area (Å²) in [4.78, 5) is 19.7. The maximum absolute atomic E-state index is 11.8. The molecule has 7 nitrogen and oxygen atoms in total. The summed E-state index contributed by atoms with van der Waals surface area (Å²) < 4.78 is 10.7. The van der Waals surface area contributed by atoms with E-state index in [4.69, 9.17) is 9.47 Å². The Morgan fingerprint density at radius 3 is 2.56 bits per heavy atom. The van der Waals surface area contributed by atoms with E-state index in [0.29, 0.717) is 12.5 Å². The van der Waals surface area contributed by atoms with Crippen LogP contribution in [0.2, 0.25) is 0 Å². The average Bonchev–Trinajstić information content (AvgIpc) is 2.98. The van der Waals surface area contributed by atoms with Gasteiger partial charge < -0.3 is 24.6 Å². The fraction of sp³-hybridized carbons (Fsp3) is 0.529. The maximum atomic E-state index is 11.8. The second-order valence-corrected chi connectivity index (χ2v) is 6.27. The Kier molecular flexibility index (Phi) is 8.27. The van der Waals surface area contributed by atoms with Gasteiger partial charge in [-0.15, -0.1) is 24.0 Å². The SMILES string of the molecule is CC(C)NC(=NCC(=O)N(C)C)N(C)Cc1ccc2c(c1)OCO2.I. The monoisotopic (exact) mass is 462 g/mol. The van der Waals surface area contributed by atoms with E-state index in [1.54, 1.807) is 14.1 Å². The standard InChI is InChI=1S/C17H26N4O3.HI/c1-12(2)19-17(18-9-16(22)20(3)4)21(5)10-13-6-7-14-15(8-13)24-11-23-14;/h6-8,12H,9-11H2,1-5H3,(H,18,19);1H. The molecule has 2 rings (SSSR count). The third-order valence-corrected chi connectivity index (χ3v) is 3.50. The minimum Gasteiger partial charge on any atom is -0.454 e. The van der Waals surface area contributed by atoms with Crippen LogP contribution < -0.4 is 14.8 Å². The van der Waals surface area contributed by atoms with Gasteiger partial charge >= 0.3 is 0 Å². The Morgan fingerprint density at radius 1 is 1.24 bits per heavy atom. The summed E-state index contributed by atoms with van der Waals surface area (Å²) in [5.74, 6) is 2.19. The Hall–Kier alpha value is -1.71. The molecule has 1 N–H and O–H groups in total. The zero-order valence-corrected chi connectivity index (χ0v) is 17.7. The van der Waals surface area contributed by atoms with Crippen LogP contribution in [-0.2, 0) is 11.3 Å². The first-order chi connectivity index (χ1) is 11.4. The summed E-state index contributed by atoms with van der Waals surface area (Å²) in [5, 5.41) is 3.30. The lowest BCUT2D eigenvalue weighted by molar-refractivity contribution is -0.127. The largest absolute Gasteiger partial charge is 0.454 e. The predicted molar refractivity (Wildman–Crippen MR) is 109 cm³/mol. The molecule has 0 atom stereocenters. The number of ether oxygens (including phenoxy) is 2. The Balaban J connectivity index is 0.00000312. The van der Waals surface area contributed by atoms with Gasteiger partial charge in [-0.3, -0.25) is 4.79 Å². The molecular formula is C17H27IN4O3. The number of carbonyl (C=O) groups is 1. The van der Waals surface area contributed by atoms with Crippen LogP contribution >= 0.6 is 24.0 Å². The molecule has 1 heterocycles. The average molecular weight is 462 g/mol. The molecule has 8 heteroatoms. The molecule has 25 heavy (non-hydrogen) atoms. The number of guanidine groups is 1. The van der Waals surface area contributed by atoms with Crippen molar-refractivity contribution in [3.63, 3.8) is 0 Å². The van der Waals surface area contributed by atoms with E-state index in [-0.39, 0.29) is 49.3 Å². The van der Waals surface area contributed by atoms with E-state index in [2.05, 4.69) is 10.3 Å². The lowest BCUT2D eigenvalue weighted by Gasteiger charge is -2.24. The zero-order chi connectivity index (χ0) is 17.7. The number of rotatable bonds is 5. The fourth-order valence-corrected chi connectivity index (χ4v) is 2.21. The normalized spacial score (nSPS) is 12.6.